The molecule has 2 aromatic rings. The number of para-hydroxylation sites is 1. The Labute approximate surface area is 224 Å². The van der Waals surface area contributed by atoms with Crippen molar-refractivity contribution < 1.29 is 18.4 Å². The Morgan fingerprint density at radius 1 is 0.763 bits per heavy atom. The molecule has 1 aliphatic carbocycles. The topological polar surface area (TPSA) is 55.9 Å². The number of piperidine rings is 1. The predicted molar refractivity (Wildman–Crippen MR) is 144 cm³/mol. The second kappa shape index (κ2) is 12.2. The predicted octanol–water partition coefficient (Wildman–Crippen LogP) is 4.84. The van der Waals surface area contributed by atoms with Gasteiger partial charge in [-0.1, -0.05) is 37.8 Å². The third kappa shape index (κ3) is 6.17. The van der Waals surface area contributed by atoms with Gasteiger partial charge < -0.3 is 15.1 Å². The summed E-state index contributed by atoms with van der Waals surface area (Å²) in [6.45, 7) is 4.76. The number of rotatable bonds is 5. The number of benzene rings is 2. The Hall–Kier alpha value is -3.00. The zero-order chi connectivity index (χ0) is 26.5. The van der Waals surface area contributed by atoms with Gasteiger partial charge in [-0.05, 0) is 49.9 Å². The first-order chi connectivity index (χ1) is 18.5. The van der Waals surface area contributed by atoms with Crippen LogP contribution in [0.5, 0.6) is 0 Å². The molecular weight excluding hydrogens is 486 g/mol. The van der Waals surface area contributed by atoms with Crippen molar-refractivity contribution in [2.24, 2.45) is 0 Å². The molecule has 0 unspecified atom stereocenters. The Morgan fingerprint density at radius 3 is 2.13 bits per heavy atom. The molecule has 3 fully saturated rings. The number of nitrogens with zero attached hydrogens (tertiary/aromatic N) is 3. The second-order valence-electron chi connectivity index (χ2n) is 10.8. The summed E-state index contributed by atoms with van der Waals surface area (Å²) >= 11 is 0. The summed E-state index contributed by atoms with van der Waals surface area (Å²) in [6, 6.07) is 11.3. The number of halogens is 2. The molecule has 5 rings (SSSR count). The lowest BCUT2D eigenvalue weighted by Gasteiger charge is -2.40. The molecule has 0 spiro atoms. The van der Waals surface area contributed by atoms with Crippen molar-refractivity contribution in [2.75, 3.05) is 44.2 Å². The van der Waals surface area contributed by atoms with Gasteiger partial charge in [0.05, 0.1) is 11.1 Å². The summed E-state index contributed by atoms with van der Waals surface area (Å²) in [5.41, 5.74) is 1.51. The number of anilines is 1. The Kier molecular flexibility index (Phi) is 8.57. The van der Waals surface area contributed by atoms with Gasteiger partial charge in [0.25, 0.3) is 11.8 Å². The minimum absolute atomic E-state index is 0.0864. The van der Waals surface area contributed by atoms with Crippen LogP contribution in [0.25, 0.3) is 0 Å². The quantitative estimate of drug-likeness (QED) is 0.569. The molecule has 2 amide bonds. The molecule has 0 radical (unpaired) electrons. The van der Waals surface area contributed by atoms with E-state index in [9.17, 15) is 18.4 Å². The van der Waals surface area contributed by atoms with Gasteiger partial charge in [0.2, 0.25) is 0 Å². The van der Waals surface area contributed by atoms with Gasteiger partial charge in [-0.3, -0.25) is 14.5 Å². The Morgan fingerprint density at radius 2 is 1.45 bits per heavy atom. The maximum atomic E-state index is 14.0. The van der Waals surface area contributed by atoms with Crippen LogP contribution in [0.4, 0.5) is 14.5 Å². The van der Waals surface area contributed by atoms with Crippen molar-refractivity contribution in [1.29, 1.82) is 0 Å². The van der Waals surface area contributed by atoms with Gasteiger partial charge in [0.1, 0.15) is 11.6 Å². The van der Waals surface area contributed by atoms with E-state index in [1.54, 1.807) is 0 Å². The average Bonchev–Trinajstić information content (AvgIpc) is 3.23. The zero-order valence-electron chi connectivity index (χ0n) is 22.0. The molecule has 2 saturated heterocycles. The lowest BCUT2D eigenvalue weighted by atomic mass is 10.0. The van der Waals surface area contributed by atoms with Gasteiger partial charge >= 0.3 is 0 Å². The number of piperazine rings is 1. The molecule has 2 aromatic carbocycles. The van der Waals surface area contributed by atoms with Crippen molar-refractivity contribution in [3.63, 3.8) is 0 Å². The van der Waals surface area contributed by atoms with Gasteiger partial charge in [-0.2, -0.15) is 0 Å². The van der Waals surface area contributed by atoms with E-state index in [1.165, 1.54) is 44.6 Å². The lowest BCUT2D eigenvalue weighted by molar-refractivity contribution is 0.0552. The third-order valence-electron chi connectivity index (χ3n) is 8.42. The Balaban J connectivity index is 1.16. The molecule has 8 heteroatoms. The normalized spacial score (nSPS) is 20.3. The summed E-state index contributed by atoms with van der Waals surface area (Å²) in [6.07, 6.45) is 9.26. The highest BCUT2D eigenvalue weighted by Gasteiger charge is 2.30. The number of hydrogen-bond donors (Lipinski definition) is 1. The molecule has 6 nitrogen and oxygen atoms in total. The smallest absolute Gasteiger partial charge is 0.256 e. The molecule has 1 saturated carbocycles. The summed E-state index contributed by atoms with van der Waals surface area (Å²) in [4.78, 5) is 32.9. The number of nitrogens with one attached hydrogen (secondary N) is 1. The highest BCUT2D eigenvalue weighted by molar-refractivity contribution is 6.00. The van der Waals surface area contributed by atoms with Crippen LogP contribution in [0.2, 0.25) is 0 Å². The fraction of sp³-hybridized carbons (Fsp3) is 0.533. The SMILES string of the molecule is O=C(NC1CCN(c2ccccc2C(=O)N2CCN(C3CCCCCC3)CC2)CC1)c1ccc(F)cc1F. The number of carbonyl (C=O) groups excluding carboxylic acids is 2. The highest BCUT2D eigenvalue weighted by Crippen LogP contribution is 2.27. The van der Waals surface area contributed by atoms with Crippen molar-refractivity contribution in [2.45, 2.75) is 63.5 Å². The maximum Gasteiger partial charge on any atom is 0.256 e. The van der Waals surface area contributed by atoms with Crippen LogP contribution >= 0.6 is 0 Å². The first-order valence-corrected chi connectivity index (χ1v) is 14.1. The second-order valence-corrected chi connectivity index (χ2v) is 10.8. The number of hydrogen-bond acceptors (Lipinski definition) is 4. The lowest BCUT2D eigenvalue weighted by Crippen LogP contribution is -2.52. The first kappa shape index (κ1) is 26.6. The van der Waals surface area contributed by atoms with E-state index >= 15 is 0 Å². The van der Waals surface area contributed by atoms with Crippen molar-refractivity contribution >= 4 is 17.5 Å². The largest absolute Gasteiger partial charge is 0.371 e. The molecule has 2 heterocycles. The summed E-state index contributed by atoms with van der Waals surface area (Å²) in [5, 5.41) is 2.88. The molecule has 2 aliphatic heterocycles. The van der Waals surface area contributed by atoms with Crippen LogP contribution in [-0.2, 0) is 0 Å². The van der Waals surface area contributed by atoms with E-state index in [1.807, 2.05) is 29.2 Å². The average molecular weight is 525 g/mol. The summed E-state index contributed by atoms with van der Waals surface area (Å²) in [5.74, 6) is -2.01. The minimum Gasteiger partial charge on any atom is -0.371 e. The molecule has 0 atom stereocenters. The van der Waals surface area contributed by atoms with Crippen LogP contribution in [0.3, 0.4) is 0 Å². The van der Waals surface area contributed by atoms with E-state index in [4.69, 9.17) is 0 Å². The van der Waals surface area contributed by atoms with Gasteiger partial charge in [-0.25, -0.2) is 8.78 Å². The molecule has 0 aromatic heterocycles. The monoisotopic (exact) mass is 524 g/mol. The van der Waals surface area contributed by atoms with Crippen molar-refractivity contribution in [3.05, 3.63) is 65.2 Å². The van der Waals surface area contributed by atoms with E-state index in [0.717, 1.165) is 49.6 Å². The van der Waals surface area contributed by atoms with Crippen LogP contribution < -0.4 is 10.2 Å². The first-order valence-electron chi connectivity index (χ1n) is 14.1. The molecule has 0 bridgehead atoms. The molecule has 204 valence electrons. The standard InChI is InChI=1S/C30H38F2N4O2/c31-22-11-12-25(27(32)21-22)29(37)33-23-13-15-35(16-14-23)28-10-6-5-9-26(28)30(38)36-19-17-34(18-20-36)24-7-3-1-2-4-8-24/h5-6,9-12,21,23-24H,1-4,7-8,13-20H2,(H,33,37). The highest BCUT2D eigenvalue weighted by atomic mass is 19.1. The van der Waals surface area contributed by atoms with Crippen LogP contribution in [0, 0.1) is 11.6 Å². The fourth-order valence-electron chi connectivity index (χ4n) is 6.22. The molecular formula is C30H38F2N4O2. The zero-order valence-corrected chi connectivity index (χ0v) is 22.0. The van der Waals surface area contributed by atoms with Crippen LogP contribution in [0.15, 0.2) is 42.5 Å². The van der Waals surface area contributed by atoms with Crippen molar-refractivity contribution in [1.82, 2.24) is 15.1 Å². The molecule has 3 aliphatic rings. The minimum atomic E-state index is -0.859. The van der Waals surface area contributed by atoms with E-state index < -0.39 is 17.5 Å². The van der Waals surface area contributed by atoms with E-state index in [0.29, 0.717) is 32.0 Å². The fourth-order valence-corrected chi connectivity index (χ4v) is 6.22. The van der Waals surface area contributed by atoms with Crippen LogP contribution in [0.1, 0.15) is 72.1 Å². The van der Waals surface area contributed by atoms with Crippen molar-refractivity contribution in [3.8, 4) is 0 Å². The van der Waals surface area contributed by atoms with Crippen LogP contribution in [-0.4, -0.2) is 73.0 Å². The van der Waals surface area contributed by atoms with E-state index in [2.05, 4.69) is 15.1 Å². The third-order valence-corrected chi connectivity index (χ3v) is 8.42. The number of carbonyl (C=O) groups is 2. The summed E-state index contributed by atoms with van der Waals surface area (Å²) < 4.78 is 27.2. The molecule has 38 heavy (non-hydrogen) atoms. The Bertz CT molecular complexity index is 1120. The summed E-state index contributed by atoms with van der Waals surface area (Å²) in [7, 11) is 0. The van der Waals surface area contributed by atoms with Gasteiger partial charge in [-0.15, -0.1) is 0 Å². The number of amides is 2. The van der Waals surface area contributed by atoms with Gasteiger partial charge in [0.15, 0.2) is 0 Å². The maximum absolute atomic E-state index is 14.0. The molecule has 1 N–H and O–H groups in total. The van der Waals surface area contributed by atoms with Gasteiger partial charge in [0, 0.05) is 63.1 Å². The van der Waals surface area contributed by atoms with E-state index in [-0.39, 0.29) is 17.5 Å².